The maximum absolute atomic E-state index is 12.3. The number of rotatable bonds is 3. The standard InChI is InChI=1S/C17H18N2O2/c1-11-7-8-16(12(2)9-11)17(20)18-15-6-4-5-14(10-15)13(3)19-21/h4-10,21H,1-3H3,(H,18,20)/b19-13+. The molecule has 0 radical (unpaired) electrons. The van der Waals surface area contributed by atoms with Crippen LogP contribution in [0, 0.1) is 13.8 Å². The summed E-state index contributed by atoms with van der Waals surface area (Å²) in [6.45, 7) is 5.61. The van der Waals surface area contributed by atoms with Crippen molar-refractivity contribution in [1.29, 1.82) is 0 Å². The molecule has 0 aliphatic heterocycles. The minimum atomic E-state index is -0.150. The molecule has 0 saturated carbocycles. The van der Waals surface area contributed by atoms with Gasteiger partial charge in [-0.25, -0.2) is 0 Å². The van der Waals surface area contributed by atoms with Crippen molar-refractivity contribution in [2.24, 2.45) is 5.16 Å². The summed E-state index contributed by atoms with van der Waals surface area (Å²) in [4.78, 5) is 12.3. The third kappa shape index (κ3) is 3.48. The molecule has 0 aromatic heterocycles. The van der Waals surface area contributed by atoms with Gasteiger partial charge in [0.2, 0.25) is 0 Å². The van der Waals surface area contributed by atoms with E-state index in [4.69, 9.17) is 5.21 Å². The van der Waals surface area contributed by atoms with Crippen LogP contribution in [-0.2, 0) is 0 Å². The van der Waals surface area contributed by atoms with E-state index in [0.29, 0.717) is 17.0 Å². The van der Waals surface area contributed by atoms with Gasteiger partial charge in [0.25, 0.3) is 5.91 Å². The number of amides is 1. The quantitative estimate of drug-likeness (QED) is 0.511. The Labute approximate surface area is 124 Å². The summed E-state index contributed by atoms with van der Waals surface area (Å²) in [5.74, 6) is -0.150. The molecule has 0 atom stereocenters. The zero-order valence-corrected chi connectivity index (χ0v) is 12.3. The predicted octanol–water partition coefficient (Wildman–Crippen LogP) is 3.75. The van der Waals surface area contributed by atoms with E-state index < -0.39 is 0 Å². The zero-order valence-electron chi connectivity index (χ0n) is 12.3. The summed E-state index contributed by atoms with van der Waals surface area (Å²) in [5.41, 5.74) is 4.64. The first-order valence-corrected chi connectivity index (χ1v) is 6.69. The Kier molecular flexibility index (Phi) is 4.38. The Hall–Kier alpha value is -2.62. The fraction of sp³-hybridized carbons (Fsp3) is 0.176. The summed E-state index contributed by atoms with van der Waals surface area (Å²) < 4.78 is 0. The maximum atomic E-state index is 12.3. The van der Waals surface area contributed by atoms with Gasteiger partial charge in [-0.05, 0) is 44.5 Å². The first-order valence-electron chi connectivity index (χ1n) is 6.69. The molecule has 2 aromatic rings. The second-order valence-corrected chi connectivity index (χ2v) is 5.04. The molecule has 0 bridgehead atoms. The molecule has 0 spiro atoms. The average Bonchev–Trinajstić information content (AvgIpc) is 2.46. The Morgan fingerprint density at radius 3 is 2.57 bits per heavy atom. The topological polar surface area (TPSA) is 61.7 Å². The minimum absolute atomic E-state index is 0.150. The van der Waals surface area contributed by atoms with Crippen LogP contribution in [0.1, 0.15) is 34.0 Å². The molecule has 4 heteroatoms. The minimum Gasteiger partial charge on any atom is -0.411 e. The van der Waals surface area contributed by atoms with Crippen LogP contribution in [0.5, 0.6) is 0 Å². The van der Waals surface area contributed by atoms with Gasteiger partial charge in [-0.2, -0.15) is 0 Å². The molecular weight excluding hydrogens is 264 g/mol. The summed E-state index contributed by atoms with van der Waals surface area (Å²) in [6, 6.07) is 12.9. The van der Waals surface area contributed by atoms with Gasteiger partial charge in [-0.3, -0.25) is 4.79 Å². The highest BCUT2D eigenvalue weighted by Gasteiger charge is 2.10. The van der Waals surface area contributed by atoms with E-state index in [-0.39, 0.29) is 5.91 Å². The van der Waals surface area contributed by atoms with Crippen molar-refractivity contribution in [3.63, 3.8) is 0 Å². The molecule has 108 valence electrons. The van der Waals surface area contributed by atoms with Gasteiger partial charge in [-0.1, -0.05) is 35.0 Å². The van der Waals surface area contributed by atoms with Crippen molar-refractivity contribution < 1.29 is 10.0 Å². The van der Waals surface area contributed by atoms with E-state index in [9.17, 15) is 4.79 Å². The SMILES string of the molecule is C/C(=N\O)c1cccc(NC(=O)c2ccc(C)cc2C)c1. The summed E-state index contributed by atoms with van der Waals surface area (Å²) in [6.07, 6.45) is 0. The molecule has 4 nitrogen and oxygen atoms in total. The van der Waals surface area contributed by atoms with Crippen LogP contribution >= 0.6 is 0 Å². The largest absolute Gasteiger partial charge is 0.411 e. The normalized spacial score (nSPS) is 11.3. The third-order valence-electron chi connectivity index (χ3n) is 3.31. The number of carbonyl (C=O) groups is 1. The lowest BCUT2D eigenvalue weighted by molar-refractivity contribution is 0.102. The van der Waals surface area contributed by atoms with Crippen molar-refractivity contribution in [2.75, 3.05) is 5.32 Å². The van der Waals surface area contributed by atoms with E-state index in [1.165, 1.54) is 0 Å². The van der Waals surface area contributed by atoms with Crippen LogP contribution < -0.4 is 5.32 Å². The maximum Gasteiger partial charge on any atom is 0.255 e. The van der Waals surface area contributed by atoms with Gasteiger partial charge in [0, 0.05) is 16.8 Å². The molecule has 2 N–H and O–H groups in total. The lowest BCUT2D eigenvalue weighted by Crippen LogP contribution is -2.13. The molecule has 0 aliphatic rings. The highest BCUT2D eigenvalue weighted by atomic mass is 16.4. The number of benzene rings is 2. The fourth-order valence-electron chi connectivity index (χ4n) is 2.15. The highest BCUT2D eigenvalue weighted by Crippen LogP contribution is 2.16. The zero-order chi connectivity index (χ0) is 15.4. The number of anilines is 1. The van der Waals surface area contributed by atoms with Crippen LogP contribution in [0.2, 0.25) is 0 Å². The number of carbonyl (C=O) groups excluding carboxylic acids is 1. The average molecular weight is 282 g/mol. The molecular formula is C17H18N2O2. The summed E-state index contributed by atoms with van der Waals surface area (Å²) in [7, 11) is 0. The molecule has 1 amide bonds. The van der Waals surface area contributed by atoms with Crippen LogP contribution in [0.25, 0.3) is 0 Å². The molecule has 2 rings (SSSR count). The van der Waals surface area contributed by atoms with Crippen molar-refractivity contribution in [3.8, 4) is 0 Å². The second kappa shape index (κ2) is 6.22. The van der Waals surface area contributed by atoms with Gasteiger partial charge in [-0.15, -0.1) is 0 Å². The number of hydrogen-bond acceptors (Lipinski definition) is 3. The first kappa shape index (κ1) is 14.8. The number of aryl methyl sites for hydroxylation is 2. The van der Waals surface area contributed by atoms with Crippen molar-refractivity contribution >= 4 is 17.3 Å². The monoisotopic (exact) mass is 282 g/mol. The van der Waals surface area contributed by atoms with Gasteiger partial charge in [0.15, 0.2) is 0 Å². The molecule has 2 aromatic carbocycles. The first-order chi connectivity index (χ1) is 10.0. The van der Waals surface area contributed by atoms with Crippen molar-refractivity contribution in [1.82, 2.24) is 0 Å². The summed E-state index contributed by atoms with van der Waals surface area (Å²) >= 11 is 0. The van der Waals surface area contributed by atoms with E-state index >= 15 is 0 Å². The third-order valence-corrected chi connectivity index (χ3v) is 3.31. The predicted molar refractivity (Wildman–Crippen MR) is 84.3 cm³/mol. The second-order valence-electron chi connectivity index (χ2n) is 5.04. The smallest absolute Gasteiger partial charge is 0.255 e. The van der Waals surface area contributed by atoms with E-state index in [2.05, 4.69) is 10.5 Å². The lowest BCUT2D eigenvalue weighted by Gasteiger charge is -2.09. The van der Waals surface area contributed by atoms with Gasteiger partial charge in [0.1, 0.15) is 0 Å². The Morgan fingerprint density at radius 1 is 1.14 bits per heavy atom. The van der Waals surface area contributed by atoms with Crippen LogP contribution in [0.4, 0.5) is 5.69 Å². The lowest BCUT2D eigenvalue weighted by atomic mass is 10.0. The van der Waals surface area contributed by atoms with Crippen molar-refractivity contribution in [3.05, 3.63) is 64.7 Å². The number of nitrogens with one attached hydrogen (secondary N) is 1. The van der Waals surface area contributed by atoms with Crippen LogP contribution in [0.15, 0.2) is 47.6 Å². The van der Waals surface area contributed by atoms with Crippen LogP contribution in [-0.4, -0.2) is 16.8 Å². The fourth-order valence-corrected chi connectivity index (χ4v) is 2.15. The van der Waals surface area contributed by atoms with E-state index in [1.807, 2.05) is 44.2 Å². The molecule has 0 fully saturated rings. The molecule has 0 aliphatic carbocycles. The highest BCUT2D eigenvalue weighted by molar-refractivity contribution is 6.06. The number of oxime groups is 1. The molecule has 0 saturated heterocycles. The Balaban J connectivity index is 2.23. The van der Waals surface area contributed by atoms with Gasteiger partial charge < -0.3 is 10.5 Å². The Morgan fingerprint density at radius 2 is 1.90 bits per heavy atom. The van der Waals surface area contributed by atoms with Crippen molar-refractivity contribution in [2.45, 2.75) is 20.8 Å². The van der Waals surface area contributed by atoms with E-state index in [0.717, 1.165) is 16.7 Å². The number of hydrogen-bond donors (Lipinski definition) is 2. The van der Waals surface area contributed by atoms with E-state index in [1.54, 1.807) is 19.1 Å². The molecule has 21 heavy (non-hydrogen) atoms. The van der Waals surface area contributed by atoms with Gasteiger partial charge >= 0.3 is 0 Å². The van der Waals surface area contributed by atoms with Gasteiger partial charge in [0.05, 0.1) is 5.71 Å². The summed E-state index contributed by atoms with van der Waals surface area (Å²) in [5, 5.41) is 14.8. The van der Waals surface area contributed by atoms with Crippen LogP contribution in [0.3, 0.4) is 0 Å². The molecule has 0 unspecified atom stereocenters. The Bertz CT molecular complexity index is 706. The molecule has 0 heterocycles. The number of nitrogens with zero attached hydrogens (tertiary/aromatic N) is 1.